The summed E-state index contributed by atoms with van der Waals surface area (Å²) in [6, 6.07) is 17.6. The first kappa shape index (κ1) is 19.9. The molecule has 7 heteroatoms. The minimum atomic E-state index is 0.334. The fourth-order valence-corrected chi connectivity index (χ4v) is 3.28. The van der Waals surface area contributed by atoms with E-state index >= 15 is 0 Å². The van der Waals surface area contributed by atoms with Gasteiger partial charge in [-0.2, -0.15) is 0 Å². The first-order valence-corrected chi connectivity index (χ1v) is 10.1. The van der Waals surface area contributed by atoms with Gasteiger partial charge in [0.15, 0.2) is 0 Å². The minimum absolute atomic E-state index is 0.334. The Morgan fingerprint density at radius 2 is 1.83 bits per heavy atom. The van der Waals surface area contributed by atoms with Crippen LogP contribution in [0.4, 0.5) is 17.2 Å². The number of anilines is 3. The van der Waals surface area contributed by atoms with Crippen LogP contribution in [0.1, 0.15) is 19.5 Å². The number of rotatable bonds is 7. The van der Waals surface area contributed by atoms with Gasteiger partial charge in [0.1, 0.15) is 24.5 Å². The largest absolute Gasteiger partial charge is 0.486 e. The molecule has 2 aromatic heterocycles. The first-order valence-electron chi connectivity index (χ1n) is 9.69. The molecule has 0 saturated carbocycles. The molecule has 0 fully saturated rings. The molecule has 0 saturated heterocycles. The monoisotopic (exact) mass is 419 g/mol. The Morgan fingerprint density at radius 3 is 2.60 bits per heavy atom. The number of hydrogen-bond acceptors (Lipinski definition) is 6. The number of fused-ring (bicyclic) bond motifs is 1. The van der Waals surface area contributed by atoms with E-state index in [-0.39, 0.29) is 0 Å². The SMILES string of the molecule is CC(C)Nc1ccc2ncnc(Nc3ccc(OCc4ccccn4)c(Cl)c3)c2c1. The van der Waals surface area contributed by atoms with E-state index in [0.717, 1.165) is 28.0 Å². The van der Waals surface area contributed by atoms with Crippen LogP contribution in [0.2, 0.25) is 5.02 Å². The molecular formula is C23H22ClN5O. The highest BCUT2D eigenvalue weighted by Gasteiger charge is 2.09. The molecule has 2 N–H and O–H groups in total. The molecular weight excluding hydrogens is 398 g/mol. The molecule has 6 nitrogen and oxygen atoms in total. The lowest BCUT2D eigenvalue weighted by atomic mass is 10.2. The molecule has 0 amide bonds. The van der Waals surface area contributed by atoms with Crippen molar-refractivity contribution >= 4 is 39.7 Å². The van der Waals surface area contributed by atoms with Gasteiger partial charge in [-0.25, -0.2) is 9.97 Å². The van der Waals surface area contributed by atoms with Crippen LogP contribution in [0.3, 0.4) is 0 Å². The lowest BCUT2D eigenvalue weighted by Crippen LogP contribution is -2.09. The minimum Gasteiger partial charge on any atom is -0.486 e. The van der Waals surface area contributed by atoms with E-state index in [4.69, 9.17) is 16.3 Å². The van der Waals surface area contributed by atoms with Crippen molar-refractivity contribution < 1.29 is 4.74 Å². The van der Waals surface area contributed by atoms with Gasteiger partial charge >= 0.3 is 0 Å². The maximum Gasteiger partial charge on any atom is 0.141 e. The zero-order valence-corrected chi connectivity index (χ0v) is 17.5. The molecule has 152 valence electrons. The van der Waals surface area contributed by atoms with Crippen molar-refractivity contribution in [2.24, 2.45) is 0 Å². The summed E-state index contributed by atoms with van der Waals surface area (Å²) in [5.74, 6) is 1.31. The highest BCUT2D eigenvalue weighted by Crippen LogP contribution is 2.31. The van der Waals surface area contributed by atoms with Crippen LogP contribution in [0.5, 0.6) is 5.75 Å². The number of benzene rings is 2. The summed E-state index contributed by atoms with van der Waals surface area (Å²) in [4.78, 5) is 13.0. The Bertz CT molecular complexity index is 1150. The highest BCUT2D eigenvalue weighted by molar-refractivity contribution is 6.32. The molecule has 0 bridgehead atoms. The van der Waals surface area contributed by atoms with Crippen LogP contribution in [-0.4, -0.2) is 21.0 Å². The lowest BCUT2D eigenvalue weighted by Gasteiger charge is -2.13. The first-order chi connectivity index (χ1) is 14.6. The summed E-state index contributed by atoms with van der Waals surface area (Å²) in [5.41, 5.74) is 3.54. The molecule has 4 aromatic rings. The number of aromatic nitrogens is 3. The number of hydrogen-bond donors (Lipinski definition) is 2. The van der Waals surface area contributed by atoms with Gasteiger partial charge in [-0.15, -0.1) is 0 Å². The number of nitrogens with zero attached hydrogens (tertiary/aromatic N) is 3. The van der Waals surface area contributed by atoms with E-state index in [1.807, 2.05) is 54.6 Å². The molecule has 2 aromatic carbocycles. The van der Waals surface area contributed by atoms with Crippen molar-refractivity contribution in [2.75, 3.05) is 10.6 Å². The van der Waals surface area contributed by atoms with E-state index in [2.05, 4.69) is 39.4 Å². The van der Waals surface area contributed by atoms with Gasteiger partial charge in [0.2, 0.25) is 0 Å². The quantitative estimate of drug-likeness (QED) is 0.393. The van der Waals surface area contributed by atoms with Crippen molar-refractivity contribution in [1.82, 2.24) is 15.0 Å². The molecule has 0 aliphatic heterocycles. The van der Waals surface area contributed by atoms with E-state index in [1.165, 1.54) is 0 Å². The summed E-state index contributed by atoms with van der Waals surface area (Å²) < 4.78 is 5.79. The van der Waals surface area contributed by atoms with Crippen molar-refractivity contribution in [3.8, 4) is 5.75 Å². The summed E-state index contributed by atoms with van der Waals surface area (Å²) in [5, 5.41) is 8.18. The summed E-state index contributed by atoms with van der Waals surface area (Å²) in [6.45, 7) is 4.56. The molecule has 2 heterocycles. The molecule has 4 rings (SSSR count). The van der Waals surface area contributed by atoms with Gasteiger partial charge in [0.25, 0.3) is 0 Å². The fourth-order valence-electron chi connectivity index (χ4n) is 3.05. The van der Waals surface area contributed by atoms with Gasteiger partial charge in [0, 0.05) is 29.0 Å². The molecule has 0 spiro atoms. The Morgan fingerprint density at radius 1 is 0.967 bits per heavy atom. The predicted octanol–water partition coefficient (Wildman–Crippen LogP) is 5.82. The van der Waals surface area contributed by atoms with Crippen LogP contribution >= 0.6 is 11.6 Å². The van der Waals surface area contributed by atoms with Crippen LogP contribution in [0, 0.1) is 0 Å². The number of pyridine rings is 1. The van der Waals surface area contributed by atoms with Crippen LogP contribution in [0.15, 0.2) is 67.1 Å². The molecule has 30 heavy (non-hydrogen) atoms. The van der Waals surface area contributed by atoms with Crippen molar-refractivity contribution in [3.63, 3.8) is 0 Å². The van der Waals surface area contributed by atoms with E-state index in [1.54, 1.807) is 12.5 Å². The van der Waals surface area contributed by atoms with Crippen molar-refractivity contribution in [3.05, 3.63) is 77.8 Å². The molecule has 0 aliphatic carbocycles. The van der Waals surface area contributed by atoms with Crippen molar-refractivity contribution in [2.45, 2.75) is 26.5 Å². The van der Waals surface area contributed by atoms with Crippen LogP contribution < -0.4 is 15.4 Å². The van der Waals surface area contributed by atoms with Crippen LogP contribution in [0.25, 0.3) is 10.9 Å². The standard InChI is InChI=1S/C23H22ClN5O/c1-15(2)28-16-6-8-21-19(11-16)23(27-14-26-21)29-17-7-9-22(20(24)12-17)30-13-18-5-3-4-10-25-18/h3-12,14-15,28H,13H2,1-2H3,(H,26,27,29). The van der Waals surface area contributed by atoms with Gasteiger partial charge < -0.3 is 15.4 Å². The maximum atomic E-state index is 6.43. The third kappa shape index (κ3) is 4.78. The third-order valence-electron chi connectivity index (χ3n) is 4.39. The van der Waals surface area contributed by atoms with Gasteiger partial charge in [0.05, 0.1) is 16.2 Å². The third-order valence-corrected chi connectivity index (χ3v) is 4.68. The van der Waals surface area contributed by atoms with Crippen LogP contribution in [-0.2, 0) is 6.61 Å². The smallest absolute Gasteiger partial charge is 0.141 e. The second kappa shape index (κ2) is 8.97. The summed E-state index contributed by atoms with van der Waals surface area (Å²) in [7, 11) is 0. The Labute approximate surface area is 180 Å². The topological polar surface area (TPSA) is 72.0 Å². The van der Waals surface area contributed by atoms with E-state index in [9.17, 15) is 0 Å². The Kier molecular flexibility index (Phi) is 5.95. The van der Waals surface area contributed by atoms with E-state index < -0.39 is 0 Å². The zero-order valence-electron chi connectivity index (χ0n) is 16.8. The Hall–Kier alpha value is -3.38. The number of ether oxygens (including phenoxy) is 1. The maximum absolute atomic E-state index is 6.43. The number of halogens is 1. The second-order valence-electron chi connectivity index (χ2n) is 7.13. The van der Waals surface area contributed by atoms with E-state index in [0.29, 0.717) is 29.2 Å². The van der Waals surface area contributed by atoms with Gasteiger partial charge in [-0.1, -0.05) is 17.7 Å². The molecule has 0 unspecified atom stereocenters. The predicted molar refractivity (Wildman–Crippen MR) is 122 cm³/mol. The molecule has 0 atom stereocenters. The summed E-state index contributed by atoms with van der Waals surface area (Å²) in [6.07, 6.45) is 3.29. The molecule has 0 aliphatic rings. The van der Waals surface area contributed by atoms with Gasteiger partial charge in [-0.05, 0) is 62.4 Å². The normalized spacial score (nSPS) is 10.9. The second-order valence-corrected chi connectivity index (χ2v) is 7.54. The lowest BCUT2D eigenvalue weighted by molar-refractivity contribution is 0.301. The fraction of sp³-hybridized carbons (Fsp3) is 0.174. The summed E-state index contributed by atoms with van der Waals surface area (Å²) >= 11 is 6.43. The highest BCUT2D eigenvalue weighted by atomic mass is 35.5. The average Bonchev–Trinajstić information content (AvgIpc) is 2.74. The Balaban J connectivity index is 1.54. The number of nitrogens with one attached hydrogen (secondary N) is 2. The van der Waals surface area contributed by atoms with Crippen molar-refractivity contribution in [1.29, 1.82) is 0 Å². The average molecular weight is 420 g/mol. The zero-order chi connectivity index (χ0) is 20.9. The molecule has 0 radical (unpaired) electrons. The van der Waals surface area contributed by atoms with Gasteiger partial charge in [-0.3, -0.25) is 4.98 Å².